The van der Waals surface area contributed by atoms with Crippen molar-refractivity contribution in [2.24, 2.45) is 0 Å². The van der Waals surface area contributed by atoms with Gasteiger partial charge in [-0.05, 0) is 0 Å². The topological polar surface area (TPSA) is 0 Å². The van der Waals surface area contributed by atoms with Crippen LogP contribution in [0.25, 0.3) is 0 Å². The summed E-state index contributed by atoms with van der Waals surface area (Å²) in [6.45, 7) is 0. The third-order valence-electron chi connectivity index (χ3n) is 5.27. The molecule has 0 fully saturated rings. The number of hydrogen-bond donors (Lipinski definition) is 0. The maximum atomic E-state index is 2.99. The second-order valence-electron chi connectivity index (χ2n) is 9.03. The maximum absolute atomic E-state index is 2.99. The van der Waals surface area contributed by atoms with Gasteiger partial charge in [0.2, 0.25) is 0 Å². The second-order valence-corrected chi connectivity index (χ2v) is 9.03. The second kappa shape index (κ2) is 39.1. The standard InChI is InChI=1S/9C5H5.Ti/c9*1-2-4-5-3-1;/h9*1-3H,4H2;/q9*-1;. The molecule has 0 heterocycles. The quantitative estimate of drug-likeness (QED) is 0.184. The van der Waals surface area contributed by atoms with E-state index in [0.717, 1.165) is 57.8 Å². The average molecular weight is 634 g/mol. The van der Waals surface area contributed by atoms with Crippen LogP contribution < -0.4 is 0 Å². The fraction of sp³-hybridized carbons (Fsp3) is 0.200. The summed E-state index contributed by atoms with van der Waals surface area (Å²) in [6.07, 6.45) is 90.0. The Morgan fingerprint density at radius 3 is 0.326 bits per heavy atom. The molecular weight excluding hydrogens is 588 g/mol. The Balaban J connectivity index is 0.000000494. The van der Waals surface area contributed by atoms with Gasteiger partial charge in [-0.15, -0.1) is 57.8 Å². The van der Waals surface area contributed by atoms with Gasteiger partial charge in [0.25, 0.3) is 0 Å². The number of hydrogen-bond acceptors (Lipinski definition) is 0. The summed E-state index contributed by atoms with van der Waals surface area (Å²) in [5.41, 5.74) is 0. The third-order valence-corrected chi connectivity index (χ3v) is 5.27. The molecule has 238 valence electrons. The molecule has 0 saturated carbocycles. The van der Waals surface area contributed by atoms with E-state index in [1.165, 1.54) is 0 Å². The van der Waals surface area contributed by atoms with Gasteiger partial charge < -0.3 is 0 Å². The van der Waals surface area contributed by atoms with E-state index in [-0.39, 0.29) is 21.7 Å². The molecule has 0 saturated heterocycles. The molecule has 0 spiro atoms. The Morgan fingerprint density at radius 2 is 0.304 bits per heavy atom. The van der Waals surface area contributed by atoms with Crippen LogP contribution in [-0.2, 0) is 21.7 Å². The van der Waals surface area contributed by atoms with Gasteiger partial charge in [-0.2, -0.15) is 54.7 Å². The molecule has 0 unspecified atom stereocenters. The van der Waals surface area contributed by atoms with Gasteiger partial charge >= 0.3 is 0 Å². The van der Waals surface area contributed by atoms with Crippen LogP contribution in [0.1, 0.15) is 57.8 Å². The Bertz CT molecular complexity index is 844. The Labute approximate surface area is 296 Å². The first-order valence-electron chi connectivity index (χ1n) is 15.5. The first-order valence-corrected chi connectivity index (χ1v) is 15.5. The van der Waals surface area contributed by atoms with Crippen molar-refractivity contribution in [3.05, 3.63) is 219 Å². The molecule has 0 atom stereocenters. The van der Waals surface area contributed by atoms with Gasteiger partial charge in [0, 0.05) is 21.7 Å². The van der Waals surface area contributed by atoms with E-state index in [9.17, 15) is 0 Å². The van der Waals surface area contributed by atoms with Crippen molar-refractivity contribution in [1.29, 1.82) is 0 Å². The molecule has 0 radical (unpaired) electrons. The molecule has 0 aromatic rings. The molecule has 0 bridgehead atoms. The first-order chi connectivity index (χ1) is 22.5. The summed E-state index contributed by atoms with van der Waals surface area (Å²) in [6, 6.07) is 0. The maximum Gasteiger partial charge on any atom is 0 e. The number of allylic oxidation sites excluding steroid dienone is 36. The minimum absolute atomic E-state index is 0. The van der Waals surface area contributed by atoms with Gasteiger partial charge in [-0.25, -0.2) is 109 Å². The summed E-state index contributed by atoms with van der Waals surface area (Å²) in [4.78, 5) is 0. The molecule has 46 heavy (non-hydrogen) atoms. The van der Waals surface area contributed by atoms with E-state index in [0.29, 0.717) is 0 Å². The third kappa shape index (κ3) is 36.2. The normalized spacial score (nSPS) is 17.2. The Kier molecular flexibility index (Phi) is 35.7. The van der Waals surface area contributed by atoms with E-state index in [4.69, 9.17) is 0 Å². The molecule has 0 amide bonds. The Hall–Kier alpha value is -3.97. The summed E-state index contributed by atoms with van der Waals surface area (Å²) >= 11 is 0. The van der Waals surface area contributed by atoms with Gasteiger partial charge in [0.05, 0.1) is 0 Å². The van der Waals surface area contributed by atoms with E-state index in [2.05, 4.69) is 109 Å². The van der Waals surface area contributed by atoms with Crippen LogP contribution in [0.2, 0.25) is 0 Å². The van der Waals surface area contributed by atoms with E-state index < -0.39 is 0 Å². The zero-order valence-corrected chi connectivity index (χ0v) is 28.5. The predicted octanol–water partition coefficient (Wildman–Crippen LogP) is 11.7. The summed E-state index contributed by atoms with van der Waals surface area (Å²) in [5, 5.41) is 0. The molecule has 9 aliphatic rings. The van der Waals surface area contributed by atoms with Gasteiger partial charge in [0.15, 0.2) is 0 Å². The monoisotopic (exact) mass is 633 g/mol. The van der Waals surface area contributed by atoms with Crippen molar-refractivity contribution in [2.45, 2.75) is 57.8 Å². The van der Waals surface area contributed by atoms with Crippen molar-refractivity contribution in [2.75, 3.05) is 0 Å². The molecule has 9 rings (SSSR count). The van der Waals surface area contributed by atoms with E-state index in [1.807, 2.05) is 109 Å². The molecule has 0 aromatic carbocycles. The largest absolute Gasteiger partial charge is 0.273 e. The first kappa shape index (κ1) is 42.0. The molecule has 0 N–H and O–H groups in total. The Morgan fingerprint density at radius 1 is 0.196 bits per heavy atom. The molecule has 9 aliphatic carbocycles. The van der Waals surface area contributed by atoms with Crippen LogP contribution in [0.4, 0.5) is 0 Å². The van der Waals surface area contributed by atoms with Crippen molar-refractivity contribution < 1.29 is 21.7 Å². The summed E-state index contributed by atoms with van der Waals surface area (Å²) in [5.74, 6) is 0. The zero-order chi connectivity index (χ0) is 31.8. The van der Waals surface area contributed by atoms with Crippen LogP contribution in [0.3, 0.4) is 0 Å². The van der Waals surface area contributed by atoms with Gasteiger partial charge in [0.1, 0.15) is 0 Å². The van der Waals surface area contributed by atoms with E-state index >= 15 is 0 Å². The van der Waals surface area contributed by atoms with Crippen molar-refractivity contribution in [1.82, 2.24) is 0 Å². The van der Waals surface area contributed by atoms with Crippen LogP contribution in [0.15, 0.2) is 164 Å². The van der Waals surface area contributed by atoms with Crippen LogP contribution in [-0.4, -0.2) is 0 Å². The fourth-order valence-electron chi connectivity index (χ4n) is 3.06. The fourth-order valence-corrected chi connectivity index (χ4v) is 3.06. The molecule has 0 nitrogen and oxygen atoms in total. The van der Waals surface area contributed by atoms with Crippen molar-refractivity contribution >= 4 is 0 Å². The molecular formula is C45H45Ti-9. The predicted molar refractivity (Wildman–Crippen MR) is 194 cm³/mol. The summed E-state index contributed by atoms with van der Waals surface area (Å²) in [7, 11) is 0. The molecule has 0 aliphatic heterocycles. The minimum Gasteiger partial charge on any atom is -0.273 e. The number of rotatable bonds is 0. The molecule has 0 aromatic heterocycles. The van der Waals surface area contributed by atoms with Crippen LogP contribution in [0.5, 0.6) is 0 Å². The minimum atomic E-state index is 0. The van der Waals surface area contributed by atoms with Gasteiger partial charge in [-0.3, -0.25) is 54.7 Å². The average Bonchev–Trinajstić information content (AvgIpc) is 4.02. The molecule has 1 heteroatoms. The van der Waals surface area contributed by atoms with Gasteiger partial charge in [-0.1, -0.05) is 0 Å². The SMILES string of the molecule is [C-]1=CC=CC1.[C-]1=CC=CC1.[C-]1=CC=CC1.[C-]1=CC=CC1.[C-]1=CC=CC1.[C-]1=CC=CC1.[C-]1=CC=CC1.[C-]1=CC=CC1.[C-]1=CC=CC1.[Ti]. The summed E-state index contributed by atoms with van der Waals surface area (Å²) < 4.78 is 0. The smallest absolute Gasteiger partial charge is 0 e. The van der Waals surface area contributed by atoms with Crippen LogP contribution in [0, 0.1) is 54.7 Å². The van der Waals surface area contributed by atoms with E-state index in [1.54, 1.807) is 0 Å². The van der Waals surface area contributed by atoms with Crippen molar-refractivity contribution in [3.8, 4) is 0 Å². The van der Waals surface area contributed by atoms with Crippen molar-refractivity contribution in [3.63, 3.8) is 0 Å². The van der Waals surface area contributed by atoms with Crippen LogP contribution >= 0.6 is 0 Å². The zero-order valence-electron chi connectivity index (χ0n) is 27.0.